The van der Waals surface area contributed by atoms with Gasteiger partial charge in [-0.2, -0.15) is 13.2 Å². The van der Waals surface area contributed by atoms with Crippen molar-refractivity contribution in [3.63, 3.8) is 0 Å². The second-order valence-electron chi connectivity index (χ2n) is 16.0. The van der Waals surface area contributed by atoms with E-state index in [9.17, 15) is 32.3 Å². The number of halogens is 3. The Kier molecular flexibility index (Phi) is 10.5. The van der Waals surface area contributed by atoms with Crippen molar-refractivity contribution >= 4 is 51.3 Å². The summed E-state index contributed by atoms with van der Waals surface area (Å²) in [5.41, 5.74) is 2.68. The van der Waals surface area contributed by atoms with Crippen LogP contribution in [0, 0.1) is 0 Å². The van der Waals surface area contributed by atoms with E-state index in [-0.39, 0.29) is 36.2 Å². The Hall–Kier alpha value is -5.87. The molecule has 60 heavy (non-hydrogen) atoms. The molecule has 4 aliphatic rings. The fourth-order valence-electron chi connectivity index (χ4n) is 8.77. The van der Waals surface area contributed by atoms with Gasteiger partial charge in [-0.3, -0.25) is 34.4 Å². The number of rotatable bonds is 12. The van der Waals surface area contributed by atoms with Crippen LogP contribution in [0.5, 0.6) is 5.75 Å². The number of alkyl halides is 3. The number of carbonyl (C=O) groups is 4. The summed E-state index contributed by atoms with van der Waals surface area (Å²) >= 11 is 0. The number of amides is 4. The van der Waals surface area contributed by atoms with Gasteiger partial charge in [0.15, 0.2) is 0 Å². The van der Waals surface area contributed by atoms with E-state index in [1.807, 2.05) is 36.5 Å². The molecule has 3 aromatic heterocycles. The van der Waals surface area contributed by atoms with E-state index in [2.05, 4.69) is 20.1 Å². The highest BCUT2D eigenvalue weighted by Crippen LogP contribution is 2.36. The molecular weight excluding hydrogens is 780 g/mol. The van der Waals surface area contributed by atoms with Gasteiger partial charge in [-0.25, -0.2) is 4.98 Å². The van der Waals surface area contributed by atoms with Gasteiger partial charge in [0.2, 0.25) is 11.8 Å². The quantitative estimate of drug-likeness (QED) is 0.116. The first-order chi connectivity index (χ1) is 28.9. The smallest absolute Gasteiger partial charge is 0.433 e. The zero-order chi connectivity index (χ0) is 41.7. The Morgan fingerprint density at radius 2 is 1.55 bits per heavy atom. The maximum absolute atomic E-state index is 13.3. The number of imide groups is 2. The third-order valence-corrected chi connectivity index (χ3v) is 12.2. The zero-order valence-electron chi connectivity index (χ0n) is 33.0. The fraction of sp³-hybridized carbons (Fsp3) is 0.409. The highest BCUT2D eigenvalue weighted by atomic mass is 19.4. The highest BCUT2D eigenvalue weighted by molar-refractivity contribution is 6.23. The summed E-state index contributed by atoms with van der Waals surface area (Å²) in [5, 5.41) is 3.73. The number of aromatic nitrogens is 3. The second kappa shape index (κ2) is 16.0. The number of nitrogens with zero attached hydrogens (tertiary/aromatic N) is 6. The third-order valence-electron chi connectivity index (χ3n) is 12.2. The van der Waals surface area contributed by atoms with Crippen molar-refractivity contribution < 1.29 is 41.8 Å². The minimum Gasteiger partial charge on any atom is -0.494 e. The molecule has 4 aliphatic heterocycles. The third kappa shape index (κ3) is 7.69. The predicted octanol–water partition coefficient (Wildman–Crippen LogP) is 6.13. The molecule has 2 aromatic carbocycles. The minimum absolute atomic E-state index is 0.0737. The lowest BCUT2D eigenvalue weighted by atomic mass is 10.0. The SMILES string of the molecule is Cn1c2cc(-c3ccc(N4CC(OC5CCN(CCCCCOc6ccc7c(c6)C(=O)N(C6CCC(=O)NC6=O)C7=O)CC5)C4)nc3)ccc2c2cnc(C(F)(F)F)cc21. The molecule has 0 aliphatic carbocycles. The lowest BCUT2D eigenvalue weighted by Crippen LogP contribution is -2.54. The predicted molar refractivity (Wildman–Crippen MR) is 215 cm³/mol. The van der Waals surface area contributed by atoms with Crippen LogP contribution in [-0.2, 0) is 27.5 Å². The maximum Gasteiger partial charge on any atom is 0.433 e. The molecule has 0 radical (unpaired) electrons. The van der Waals surface area contributed by atoms with Crippen molar-refractivity contribution in [3.05, 3.63) is 83.8 Å². The number of anilines is 1. The maximum atomic E-state index is 13.3. The number of nitrogens with one attached hydrogen (secondary N) is 1. The van der Waals surface area contributed by atoms with Gasteiger partial charge in [-0.1, -0.05) is 12.1 Å². The summed E-state index contributed by atoms with van der Waals surface area (Å²) in [6.45, 7) is 5.04. The van der Waals surface area contributed by atoms with Gasteiger partial charge in [0.25, 0.3) is 11.8 Å². The van der Waals surface area contributed by atoms with Crippen LogP contribution in [0.15, 0.2) is 67.0 Å². The summed E-state index contributed by atoms with van der Waals surface area (Å²) in [6.07, 6.45) is 4.08. The first kappa shape index (κ1) is 39.6. The molecule has 13 nitrogen and oxygen atoms in total. The standard InChI is InChI=1S/C44H44F3N7O6/c1-51-36-19-26(5-8-31(36)34-23-48-38(21-37(34)51)44(45,46)47)27-6-11-39(49-22-27)53-24-30(25-53)60-28-13-16-52(17-14-28)15-3-2-4-18-59-29-7-9-32-33(20-29)43(58)54(42(32)57)35-10-12-40(55)50-41(35)56/h5-9,11,19-23,28,30,35H,2-4,10,12-18,24-25H2,1H3,(H,50,55,56). The molecule has 1 unspecified atom stereocenters. The largest absolute Gasteiger partial charge is 0.494 e. The Labute approximate surface area is 343 Å². The van der Waals surface area contributed by atoms with Crippen LogP contribution < -0.4 is 15.0 Å². The van der Waals surface area contributed by atoms with Gasteiger partial charge < -0.3 is 23.8 Å². The Morgan fingerprint density at radius 3 is 2.30 bits per heavy atom. The first-order valence-electron chi connectivity index (χ1n) is 20.4. The van der Waals surface area contributed by atoms with Crippen LogP contribution in [0.2, 0.25) is 0 Å². The number of benzene rings is 2. The molecule has 16 heteroatoms. The fourth-order valence-corrected chi connectivity index (χ4v) is 8.77. The summed E-state index contributed by atoms with van der Waals surface area (Å²) in [4.78, 5) is 63.9. The average Bonchev–Trinajstić information content (AvgIpc) is 3.64. The molecule has 7 heterocycles. The van der Waals surface area contributed by atoms with Crippen LogP contribution in [0.1, 0.15) is 71.4 Å². The van der Waals surface area contributed by atoms with Crippen LogP contribution in [-0.4, -0.2) is 106 Å². The molecule has 0 bridgehead atoms. The number of fused-ring (bicyclic) bond motifs is 4. The van der Waals surface area contributed by atoms with Crippen molar-refractivity contribution in [3.8, 4) is 16.9 Å². The number of likely N-dealkylation sites (tertiary alicyclic amines) is 1. The lowest BCUT2D eigenvalue weighted by molar-refractivity contribution is -0.141. The summed E-state index contributed by atoms with van der Waals surface area (Å²) in [7, 11) is 1.77. The number of ether oxygens (including phenoxy) is 2. The number of hydrogen-bond donors (Lipinski definition) is 1. The Bertz CT molecular complexity index is 2490. The van der Waals surface area contributed by atoms with E-state index in [0.717, 1.165) is 104 Å². The molecule has 312 valence electrons. The molecule has 0 saturated carbocycles. The van der Waals surface area contributed by atoms with Crippen LogP contribution >= 0.6 is 0 Å². The number of carbonyl (C=O) groups excluding carboxylic acids is 4. The van der Waals surface area contributed by atoms with Crippen molar-refractivity contribution in [1.29, 1.82) is 0 Å². The second-order valence-corrected chi connectivity index (χ2v) is 16.0. The molecule has 1 atom stereocenters. The Morgan fingerprint density at radius 1 is 0.783 bits per heavy atom. The average molecular weight is 824 g/mol. The van der Waals surface area contributed by atoms with Gasteiger partial charge in [0.05, 0.1) is 35.5 Å². The van der Waals surface area contributed by atoms with Gasteiger partial charge in [-0.15, -0.1) is 0 Å². The summed E-state index contributed by atoms with van der Waals surface area (Å²) in [6, 6.07) is 14.8. The lowest BCUT2D eigenvalue weighted by Gasteiger charge is -2.43. The minimum atomic E-state index is -4.51. The van der Waals surface area contributed by atoms with Gasteiger partial charge in [-0.05, 0) is 93.1 Å². The van der Waals surface area contributed by atoms with E-state index in [1.54, 1.807) is 29.8 Å². The normalized spacial score (nSPS) is 19.4. The molecule has 3 saturated heterocycles. The molecular formula is C44H44F3N7O6. The van der Waals surface area contributed by atoms with E-state index in [0.29, 0.717) is 23.3 Å². The number of hydrogen-bond acceptors (Lipinski definition) is 10. The number of unbranched alkanes of at least 4 members (excludes halogenated alkanes) is 2. The van der Waals surface area contributed by atoms with Gasteiger partial charge >= 0.3 is 6.18 Å². The zero-order valence-corrected chi connectivity index (χ0v) is 33.0. The van der Waals surface area contributed by atoms with Crippen molar-refractivity contribution in [2.75, 3.05) is 44.2 Å². The molecule has 1 N–H and O–H groups in total. The number of piperidine rings is 2. The Balaban J connectivity index is 0.672. The van der Waals surface area contributed by atoms with Crippen molar-refractivity contribution in [2.45, 2.75) is 69.4 Å². The van der Waals surface area contributed by atoms with Crippen molar-refractivity contribution in [2.24, 2.45) is 7.05 Å². The highest BCUT2D eigenvalue weighted by Gasteiger charge is 2.45. The summed E-state index contributed by atoms with van der Waals surface area (Å²) < 4.78 is 54.1. The molecule has 4 amide bonds. The monoisotopic (exact) mass is 823 g/mol. The topological polar surface area (TPSA) is 139 Å². The molecule has 9 rings (SSSR count). The van der Waals surface area contributed by atoms with E-state index in [1.165, 1.54) is 6.20 Å². The van der Waals surface area contributed by atoms with Crippen LogP contribution in [0.3, 0.4) is 0 Å². The van der Waals surface area contributed by atoms with Gasteiger partial charge in [0, 0.05) is 73.9 Å². The van der Waals surface area contributed by atoms with Crippen molar-refractivity contribution in [1.82, 2.24) is 29.7 Å². The van der Waals surface area contributed by atoms with Gasteiger partial charge in [0.1, 0.15) is 23.3 Å². The summed E-state index contributed by atoms with van der Waals surface area (Å²) in [5.74, 6) is -0.748. The number of aryl methyl sites for hydroxylation is 1. The van der Waals surface area contributed by atoms with E-state index < -0.39 is 41.5 Å². The van der Waals surface area contributed by atoms with Crippen LogP contribution in [0.4, 0.5) is 19.0 Å². The number of pyridine rings is 2. The van der Waals surface area contributed by atoms with E-state index in [4.69, 9.17) is 14.5 Å². The van der Waals surface area contributed by atoms with E-state index >= 15 is 0 Å². The molecule has 5 aromatic rings. The molecule has 3 fully saturated rings. The molecule has 0 spiro atoms. The van der Waals surface area contributed by atoms with Crippen LogP contribution in [0.25, 0.3) is 32.9 Å². The first-order valence-corrected chi connectivity index (χ1v) is 20.4.